The third-order valence-corrected chi connectivity index (χ3v) is 10.2. The van der Waals surface area contributed by atoms with Gasteiger partial charge in [0.05, 0.1) is 11.7 Å². The summed E-state index contributed by atoms with van der Waals surface area (Å²) < 4.78 is 18.7. The molecule has 0 heterocycles. The number of esters is 1. The van der Waals surface area contributed by atoms with Gasteiger partial charge >= 0.3 is 5.97 Å². The molecule has 192 valence electrons. The zero-order chi connectivity index (χ0) is 24.8. The summed E-state index contributed by atoms with van der Waals surface area (Å²) >= 11 is 0. The molecule has 0 spiro atoms. The first-order valence-corrected chi connectivity index (χ1v) is 14.1. The van der Waals surface area contributed by atoms with E-state index in [1.54, 1.807) is 12.1 Å². The van der Waals surface area contributed by atoms with Gasteiger partial charge in [-0.1, -0.05) is 37.6 Å². The number of benzene rings is 2. The van der Waals surface area contributed by atoms with Crippen molar-refractivity contribution in [2.24, 2.45) is 17.3 Å². The van der Waals surface area contributed by atoms with Gasteiger partial charge < -0.3 is 14.2 Å². The smallest absolute Gasteiger partial charge is 0.343 e. The van der Waals surface area contributed by atoms with Crippen LogP contribution in [-0.2, 0) is 15.9 Å². The van der Waals surface area contributed by atoms with Gasteiger partial charge in [-0.3, -0.25) is 0 Å². The van der Waals surface area contributed by atoms with Crippen LogP contribution in [0.15, 0.2) is 48.5 Å². The molecular weight excluding hydrogens is 448 g/mol. The van der Waals surface area contributed by atoms with E-state index in [0.717, 1.165) is 25.7 Å². The highest BCUT2D eigenvalue weighted by atomic mass is 16.7. The monoisotopic (exact) mass is 488 g/mol. The summed E-state index contributed by atoms with van der Waals surface area (Å²) in [5.74, 6) is 2.05. The highest BCUT2D eigenvalue weighted by Gasteiger charge is 2.57. The molecule has 3 fully saturated rings. The van der Waals surface area contributed by atoms with Crippen LogP contribution in [0.3, 0.4) is 0 Å². The summed E-state index contributed by atoms with van der Waals surface area (Å²) in [6.45, 7) is 2.51. The molecular formula is C32H40O4. The topological polar surface area (TPSA) is 44.8 Å². The van der Waals surface area contributed by atoms with Gasteiger partial charge in [0, 0.05) is 20.0 Å². The molecule has 4 aliphatic carbocycles. The molecule has 0 amide bonds. The van der Waals surface area contributed by atoms with E-state index in [4.69, 9.17) is 14.2 Å². The highest BCUT2D eigenvalue weighted by molar-refractivity contribution is 5.91. The number of carbonyl (C=O) groups is 1. The quantitative estimate of drug-likeness (QED) is 0.249. The minimum absolute atomic E-state index is 0.243. The van der Waals surface area contributed by atoms with Gasteiger partial charge in [0.2, 0.25) is 0 Å². The summed E-state index contributed by atoms with van der Waals surface area (Å²) in [4.78, 5) is 12.5. The lowest BCUT2D eigenvalue weighted by Gasteiger charge is -2.52. The molecule has 4 heteroatoms. The molecule has 0 radical (unpaired) electrons. The Balaban J connectivity index is 1.17. The lowest BCUT2D eigenvalue weighted by atomic mass is 9.55. The second-order valence-corrected chi connectivity index (χ2v) is 11.9. The Bertz CT molecular complexity index is 1090. The third-order valence-electron chi connectivity index (χ3n) is 10.2. The zero-order valence-corrected chi connectivity index (χ0v) is 21.8. The Morgan fingerprint density at radius 1 is 0.917 bits per heavy atom. The van der Waals surface area contributed by atoms with Gasteiger partial charge in [-0.05, 0) is 110 Å². The predicted molar refractivity (Wildman–Crippen MR) is 140 cm³/mol. The molecule has 0 bridgehead atoms. The van der Waals surface area contributed by atoms with Crippen LogP contribution in [0.5, 0.6) is 5.75 Å². The van der Waals surface area contributed by atoms with Crippen molar-refractivity contribution >= 4 is 5.97 Å². The first-order valence-electron chi connectivity index (χ1n) is 14.1. The number of carbonyl (C=O) groups excluding carboxylic acids is 1. The van der Waals surface area contributed by atoms with E-state index in [1.165, 1.54) is 56.1 Å². The third kappa shape index (κ3) is 4.20. The number of hydrogen-bond acceptors (Lipinski definition) is 4. The second kappa shape index (κ2) is 9.61. The van der Waals surface area contributed by atoms with Crippen molar-refractivity contribution in [3.05, 3.63) is 65.2 Å². The molecule has 0 aliphatic heterocycles. The number of rotatable bonds is 5. The van der Waals surface area contributed by atoms with Crippen LogP contribution in [0.4, 0.5) is 0 Å². The van der Waals surface area contributed by atoms with Crippen molar-refractivity contribution in [3.8, 4) is 5.75 Å². The van der Waals surface area contributed by atoms with Crippen LogP contribution in [-0.4, -0.2) is 25.0 Å². The summed E-state index contributed by atoms with van der Waals surface area (Å²) in [5.41, 5.74) is 3.68. The molecule has 6 rings (SSSR count). The maximum atomic E-state index is 12.5. The molecule has 2 aromatic rings. The fourth-order valence-corrected chi connectivity index (χ4v) is 8.23. The average molecular weight is 489 g/mol. The average Bonchev–Trinajstić information content (AvgIpc) is 3.25. The molecule has 3 saturated carbocycles. The lowest BCUT2D eigenvalue weighted by molar-refractivity contribution is -0.278. The van der Waals surface area contributed by atoms with Crippen molar-refractivity contribution in [2.45, 2.75) is 95.4 Å². The van der Waals surface area contributed by atoms with Crippen molar-refractivity contribution in [2.75, 3.05) is 7.11 Å². The first-order chi connectivity index (χ1) is 17.5. The molecule has 0 saturated heterocycles. The van der Waals surface area contributed by atoms with Crippen LogP contribution in [0.2, 0.25) is 0 Å². The van der Waals surface area contributed by atoms with Crippen LogP contribution in [0.25, 0.3) is 0 Å². The van der Waals surface area contributed by atoms with E-state index in [2.05, 4.69) is 19.1 Å². The summed E-state index contributed by atoms with van der Waals surface area (Å²) in [7, 11) is 1.85. The van der Waals surface area contributed by atoms with Crippen molar-refractivity contribution in [3.63, 3.8) is 0 Å². The van der Waals surface area contributed by atoms with Gasteiger partial charge in [-0.15, -0.1) is 0 Å². The number of hydrogen-bond donors (Lipinski definition) is 0. The Labute approximate surface area is 215 Å². The second-order valence-electron chi connectivity index (χ2n) is 11.9. The molecule has 0 aromatic heterocycles. The molecule has 4 nitrogen and oxygen atoms in total. The van der Waals surface area contributed by atoms with E-state index < -0.39 is 0 Å². The van der Waals surface area contributed by atoms with Gasteiger partial charge in [0.1, 0.15) is 5.75 Å². The van der Waals surface area contributed by atoms with E-state index >= 15 is 0 Å². The normalized spacial score (nSPS) is 32.7. The predicted octanol–water partition coefficient (Wildman–Crippen LogP) is 7.45. The van der Waals surface area contributed by atoms with E-state index in [-0.39, 0.29) is 17.2 Å². The van der Waals surface area contributed by atoms with Gasteiger partial charge in [-0.25, -0.2) is 4.79 Å². The Morgan fingerprint density at radius 2 is 1.72 bits per heavy atom. The highest BCUT2D eigenvalue weighted by Crippen LogP contribution is 2.62. The summed E-state index contributed by atoms with van der Waals surface area (Å²) in [5, 5.41) is 0. The maximum Gasteiger partial charge on any atom is 0.343 e. The minimum atomic E-state index is -0.357. The van der Waals surface area contributed by atoms with E-state index in [9.17, 15) is 4.79 Å². The van der Waals surface area contributed by atoms with Crippen LogP contribution >= 0.6 is 0 Å². The van der Waals surface area contributed by atoms with Gasteiger partial charge in [0.25, 0.3) is 0 Å². The van der Waals surface area contributed by atoms with Crippen molar-refractivity contribution in [1.29, 1.82) is 0 Å². The van der Waals surface area contributed by atoms with Crippen LogP contribution in [0, 0.1) is 17.3 Å². The standard InChI is InChI=1S/C32H40O4/c1-31-20-17-26-25-14-12-24(35-30(33)22-9-5-3-6-10-22)21-23(25)11-13-27(26)28(31)15-16-29(31)36-32(34-2)18-7-4-8-19-32/h3,5-6,9-10,12,14,21,26-29H,4,7-8,11,13,15-20H2,1-2H3/t26-,27-,28-,29-,31-/m0/s1. The fourth-order valence-electron chi connectivity index (χ4n) is 8.23. The number of ether oxygens (including phenoxy) is 3. The molecule has 5 atom stereocenters. The molecule has 36 heavy (non-hydrogen) atoms. The number of methoxy groups -OCH3 is 1. The molecule has 0 unspecified atom stereocenters. The largest absolute Gasteiger partial charge is 0.423 e. The number of fused-ring (bicyclic) bond motifs is 5. The molecule has 0 N–H and O–H groups in total. The van der Waals surface area contributed by atoms with E-state index in [0.29, 0.717) is 35.2 Å². The van der Waals surface area contributed by atoms with E-state index in [1.807, 2.05) is 31.4 Å². The Morgan fingerprint density at radius 3 is 2.50 bits per heavy atom. The van der Waals surface area contributed by atoms with Crippen molar-refractivity contribution < 1.29 is 19.0 Å². The summed E-state index contributed by atoms with van der Waals surface area (Å²) in [6, 6.07) is 15.6. The lowest BCUT2D eigenvalue weighted by Crippen LogP contribution is -2.49. The van der Waals surface area contributed by atoms with Crippen LogP contribution < -0.4 is 4.74 Å². The molecule has 4 aliphatic rings. The summed E-state index contributed by atoms with van der Waals surface area (Å²) in [6.07, 6.45) is 13.3. The minimum Gasteiger partial charge on any atom is -0.423 e. The van der Waals surface area contributed by atoms with Gasteiger partial charge in [-0.2, -0.15) is 0 Å². The van der Waals surface area contributed by atoms with Crippen molar-refractivity contribution in [1.82, 2.24) is 0 Å². The maximum absolute atomic E-state index is 12.5. The zero-order valence-electron chi connectivity index (χ0n) is 21.8. The SMILES string of the molecule is COC1(O[C@H]2CC[C@H]3[C@H]4CCc5cc(OC(=O)c6ccccc6)ccc5[C@@H]4CC[C@]23C)CCCCC1. The van der Waals surface area contributed by atoms with Gasteiger partial charge in [0.15, 0.2) is 5.79 Å². The Hall–Kier alpha value is -2.17. The van der Waals surface area contributed by atoms with Crippen LogP contribution in [0.1, 0.15) is 98.5 Å². The molecule has 2 aromatic carbocycles. The fraction of sp³-hybridized carbons (Fsp3) is 0.594. The number of aryl methyl sites for hydroxylation is 1. The first kappa shape index (κ1) is 24.2. The Kier molecular flexibility index (Phi) is 6.46.